The van der Waals surface area contributed by atoms with Gasteiger partial charge in [-0.05, 0) is 37.7 Å². The lowest BCUT2D eigenvalue weighted by molar-refractivity contribution is -0.120. The molecule has 0 atom stereocenters. The van der Waals surface area contributed by atoms with Crippen LogP contribution in [0.3, 0.4) is 0 Å². The van der Waals surface area contributed by atoms with E-state index in [1.54, 1.807) is 24.1 Å². The Labute approximate surface area is 135 Å². The van der Waals surface area contributed by atoms with E-state index in [1.165, 1.54) is 18.2 Å². The fourth-order valence-corrected chi connectivity index (χ4v) is 1.75. The van der Waals surface area contributed by atoms with Gasteiger partial charge in [-0.15, -0.1) is 6.58 Å². The second-order valence-electron chi connectivity index (χ2n) is 4.94. The van der Waals surface area contributed by atoms with Crippen LogP contribution in [-0.4, -0.2) is 50.1 Å². The Kier molecular flexibility index (Phi) is 8.38. The molecule has 126 valence electrons. The van der Waals surface area contributed by atoms with Crippen molar-refractivity contribution in [2.45, 2.75) is 6.42 Å². The molecule has 0 saturated carbocycles. The number of halogens is 1. The normalized spacial score (nSPS) is 10.2. The Morgan fingerprint density at radius 3 is 2.70 bits per heavy atom. The van der Waals surface area contributed by atoms with Gasteiger partial charge in [0.05, 0.1) is 13.2 Å². The summed E-state index contributed by atoms with van der Waals surface area (Å²) < 4.78 is 18.2. The molecule has 6 nitrogen and oxygen atoms in total. The Bertz CT molecular complexity index is 520. The van der Waals surface area contributed by atoms with Crippen LogP contribution in [0, 0.1) is 5.82 Å². The lowest BCUT2D eigenvalue weighted by Gasteiger charge is -2.16. The van der Waals surface area contributed by atoms with E-state index in [0.29, 0.717) is 31.9 Å². The number of rotatable bonds is 9. The first kappa shape index (κ1) is 18.6. The first-order chi connectivity index (χ1) is 11.0. The van der Waals surface area contributed by atoms with Crippen molar-refractivity contribution in [3.63, 3.8) is 0 Å². The van der Waals surface area contributed by atoms with Crippen LogP contribution in [0.4, 0.5) is 9.18 Å². The molecule has 0 aliphatic rings. The van der Waals surface area contributed by atoms with Crippen molar-refractivity contribution < 1.29 is 18.7 Å². The Morgan fingerprint density at radius 1 is 1.35 bits per heavy atom. The minimum absolute atomic E-state index is 0.109. The molecule has 23 heavy (non-hydrogen) atoms. The van der Waals surface area contributed by atoms with E-state index in [1.807, 2.05) is 0 Å². The van der Waals surface area contributed by atoms with Gasteiger partial charge in [-0.1, -0.05) is 6.08 Å². The summed E-state index contributed by atoms with van der Waals surface area (Å²) in [5.41, 5.74) is 0. The Hall–Kier alpha value is -2.41. The van der Waals surface area contributed by atoms with Crippen LogP contribution in [0.15, 0.2) is 36.9 Å². The van der Waals surface area contributed by atoms with Crippen molar-refractivity contribution in [2.75, 3.05) is 33.3 Å². The van der Waals surface area contributed by atoms with Crippen molar-refractivity contribution in [3.05, 3.63) is 42.7 Å². The van der Waals surface area contributed by atoms with E-state index in [4.69, 9.17) is 4.74 Å². The number of benzene rings is 1. The SMILES string of the molecule is C=CCNC(=O)NC(=O)CN(C)CCCOc1ccc(F)cc1. The average molecular weight is 323 g/mol. The zero-order valence-corrected chi connectivity index (χ0v) is 13.2. The summed E-state index contributed by atoms with van der Waals surface area (Å²) in [6.45, 7) is 4.96. The van der Waals surface area contributed by atoms with Gasteiger partial charge in [-0.2, -0.15) is 0 Å². The Morgan fingerprint density at radius 2 is 2.04 bits per heavy atom. The molecule has 1 aromatic carbocycles. The fourth-order valence-electron chi connectivity index (χ4n) is 1.75. The fraction of sp³-hybridized carbons (Fsp3) is 0.375. The van der Waals surface area contributed by atoms with Gasteiger partial charge in [0.1, 0.15) is 11.6 Å². The molecule has 0 radical (unpaired) electrons. The second kappa shape index (κ2) is 10.3. The predicted molar refractivity (Wildman–Crippen MR) is 85.7 cm³/mol. The van der Waals surface area contributed by atoms with Gasteiger partial charge < -0.3 is 10.1 Å². The first-order valence-electron chi connectivity index (χ1n) is 7.26. The standard InChI is InChI=1S/C16H22FN3O3/c1-3-9-18-16(22)19-15(21)12-20(2)10-4-11-23-14-7-5-13(17)6-8-14/h3,5-8H,1,4,9-12H2,2H3,(H2,18,19,21,22). The number of carbonyl (C=O) groups excluding carboxylic acids is 2. The molecule has 3 amide bonds. The van der Waals surface area contributed by atoms with Crippen LogP contribution in [0.2, 0.25) is 0 Å². The maximum atomic E-state index is 12.7. The summed E-state index contributed by atoms with van der Waals surface area (Å²) in [6.07, 6.45) is 2.22. The number of nitrogens with one attached hydrogen (secondary N) is 2. The number of urea groups is 1. The highest BCUT2D eigenvalue weighted by Gasteiger charge is 2.09. The molecule has 0 aliphatic heterocycles. The molecule has 0 aliphatic carbocycles. The summed E-state index contributed by atoms with van der Waals surface area (Å²) in [7, 11) is 1.78. The monoisotopic (exact) mass is 323 g/mol. The maximum Gasteiger partial charge on any atom is 0.321 e. The topological polar surface area (TPSA) is 70.7 Å². The minimum atomic E-state index is -0.539. The number of carbonyl (C=O) groups is 2. The van der Waals surface area contributed by atoms with Gasteiger partial charge in [0.2, 0.25) is 5.91 Å². The lowest BCUT2D eigenvalue weighted by atomic mass is 10.3. The van der Waals surface area contributed by atoms with Crippen LogP contribution in [-0.2, 0) is 4.79 Å². The summed E-state index contributed by atoms with van der Waals surface area (Å²) in [5, 5.41) is 4.68. The van der Waals surface area contributed by atoms with Crippen LogP contribution >= 0.6 is 0 Å². The third kappa shape index (κ3) is 8.57. The van der Waals surface area contributed by atoms with Crippen molar-refractivity contribution in [1.29, 1.82) is 0 Å². The summed E-state index contributed by atoms with van der Waals surface area (Å²) >= 11 is 0. The second-order valence-corrected chi connectivity index (χ2v) is 4.94. The highest BCUT2D eigenvalue weighted by atomic mass is 19.1. The maximum absolute atomic E-state index is 12.7. The predicted octanol–water partition coefficient (Wildman–Crippen LogP) is 1.54. The third-order valence-electron chi connectivity index (χ3n) is 2.84. The number of amides is 3. The number of hydrogen-bond donors (Lipinski definition) is 2. The van der Waals surface area contributed by atoms with Crippen LogP contribution in [0.5, 0.6) is 5.75 Å². The molecule has 1 aromatic rings. The van der Waals surface area contributed by atoms with Crippen molar-refractivity contribution in [2.24, 2.45) is 0 Å². The van der Waals surface area contributed by atoms with E-state index < -0.39 is 6.03 Å². The number of likely N-dealkylation sites (N-methyl/N-ethyl adjacent to an activating group) is 1. The zero-order chi connectivity index (χ0) is 17.1. The van der Waals surface area contributed by atoms with Crippen molar-refractivity contribution in [3.8, 4) is 5.75 Å². The number of hydrogen-bond acceptors (Lipinski definition) is 4. The number of nitrogens with zero attached hydrogens (tertiary/aromatic N) is 1. The Balaban J connectivity index is 2.14. The highest BCUT2D eigenvalue weighted by molar-refractivity contribution is 5.95. The van der Waals surface area contributed by atoms with Gasteiger partial charge in [0.25, 0.3) is 0 Å². The molecule has 0 aromatic heterocycles. The molecule has 1 rings (SSSR count). The molecule has 7 heteroatoms. The van der Waals surface area contributed by atoms with Gasteiger partial charge in [-0.3, -0.25) is 15.0 Å². The summed E-state index contributed by atoms with van der Waals surface area (Å²) in [4.78, 5) is 24.7. The number of ether oxygens (including phenoxy) is 1. The van der Waals surface area contributed by atoms with E-state index in [2.05, 4.69) is 17.2 Å². The molecule has 0 heterocycles. The van der Waals surface area contributed by atoms with Gasteiger partial charge in [-0.25, -0.2) is 9.18 Å². The third-order valence-corrected chi connectivity index (χ3v) is 2.84. The molecule has 0 spiro atoms. The molecule has 0 fully saturated rings. The zero-order valence-electron chi connectivity index (χ0n) is 13.2. The van der Waals surface area contributed by atoms with Crippen molar-refractivity contribution in [1.82, 2.24) is 15.5 Å². The quantitative estimate of drug-likeness (QED) is 0.534. The first-order valence-corrected chi connectivity index (χ1v) is 7.26. The number of imide groups is 1. The molecule has 0 bridgehead atoms. The summed E-state index contributed by atoms with van der Waals surface area (Å²) in [6, 6.07) is 5.26. The minimum Gasteiger partial charge on any atom is -0.494 e. The highest BCUT2D eigenvalue weighted by Crippen LogP contribution is 2.11. The van der Waals surface area contributed by atoms with Gasteiger partial charge in [0.15, 0.2) is 0 Å². The van der Waals surface area contributed by atoms with E-state index >= 15 is 0 Å². The van der Waals surface area contributed by atoms with Crippen LogP contribution < -0.4 is 15.4 Å². The van der Waals surface area contributed by atoms with E-state index in [9.17, 15) is 14.0 Å². The smallest absolute Gasteiger partial charge is 0.321 e. The largest absolute Gasteiger partial charge is 0.494 e. The van der Waals surface area contributed by atoms with Gasteiger partial charge in [0, 0.05) is 13.1 Å². The molecule has 0 unspecified atom stereocenters. The van der Waals surface area contributed by atoms with Gasteiger partial charge >= 0.3 is 6.03 Å². The molecular formula is C16H22FN3O3. The van der Waals surface area contributed by atoms with E-state index in [0.717, 1.165) is 0 Å². The van der Waals surface area contributed by atoms with Crippen LogP contribution in [0.1, 0.15) is 6.42 Å². The molecule has 2 N–H and O–H groups in total. The average Bonchev–Trinajstić information content (AvgIpc) is 2.51. The summed E-state index contributed by atoms with van der Waals surface area (Å²) in [5.74, 6) is -0.0839. The van der Waals surface area contributed by atoms with Crippen LogP contribution in [0.25, 0.3) is 0 Å². The molecular weight excluding hydrogens is 301 g/mol. The lowest BCUT2D eigenvalue weighted by Crippen LogP contribution is -2.44. The van der Waals surface area contributed by atoms with E-state index in [-0.39, 0.29) is 18.3 Å². The van der Waals surface area contributed by atoms with Crippen molar-refractivity contribution >= 4 is 11.9 Å². The molecule has 0 saturated heterocycles.